The van der Waals surface area contributed by atoms with Crippen molar-refractivity contribution in [2.75, 3.05) is 0 Å². The van der Waals surface area contributed by atoms with Gasteiger partial charge in [0.25, 0.3) is 0 Å². The van der Waals surface area contributed by atoms with Gasteiger partial charge in [-0.15, -0.1) is 11.3 Å². The zero-order valence-corrected chi connectivity index (χ0v) is 10.6. The number of thiazole rings is 1. The predicted molar refractivity (Wildman–Crippen MR) is 66.3 cm³/mol. The number of aryl methyl sites for hydroxylation is 1. The number of halogens is 2. The first-order valence-corrected chi connectivity index (χ1v) is 6.21. The summed E-state index contributed by atoms with van der Waals surface area (Å²) < 4.78 is 13.5. The fourth-order valence-corrected chi connectivity index (χ4v) is 2.24. The molecule has 1 aromatic heterocycles. The van der Waals surface area contributed by atoms with Crippen molar-refractivity contribution in [3.05, 3.63) is 50.7 Å². The summed E-state index contributed by atoms with van der Waals surface area (Å²) in [5.41, 5.74) is 0.729. The molecule has 1 heterocycles. The second-order valence-electron chi connectivity index (χ2n) is 3.58. The fourth-order valence-electron chi connectivity index (χ4n) is 1.46. The minimum atomic E-state index is -0.588. The van der Waals surface area contributed by atoms with Crippen LogP contribution in [0.2, 0.25) is 5.02 Å². The Balaban J connectivity index is 2.20. The molecule has 0 spiro atoms. The summed E-state index contributed by atoms with van der Waals surface area (Å²) in [6.07, 6.45) is 0.114. The van der Waals surface area contributed by atoms with Crippen LogP contribution in [-0.2, 0) is 6.42 Å². The zero-order valence-electron chi connectivity index (χ0n) is 9.04. The third kappa shape index (κ3) is 2.90. The predicted octanol–water partition coefficient (Wildman–Crippen LogP) is 3.67. The molecule has 0 saturated carbocycles. The van der Waals surface area contributed by atoms with Crippen LogP contribution in [0.15, 0.2) is 23.6 Å². The summed E-state index contributed by atoms with van der Waals surface area (Å²) in [5.74, 6) is -0.876. The monoisotopic (exact) mass is 269 g/mol. The zero-order chi connectivity index (χ0) is 12.4. The number of Topliss-reactive ketones (excluding diaryl/α,β-unsaturated/α-hetero) is 1. The van der Waals surface area contributed by atoms with Crippen molar-refractivity contribution in [2.45, 2.75) is 13.3 Å². The van der Waals surface area contributed by atoms with Gasteiger partial charge in [-0.3, -0.25) is 4.79 Å². The highest BCUT2D eigenvalue weighted by atomic mass is 35.5. The molecule has 2 rings (SSSR count). The molecule has 0 saturated heterocycles. The van der Waals surface area contributed by atoms with Gasteiger partial charge in [-0.25, -0.2) is 9.37 Å². The smallest absolute Gasteiger partial charge is 0.171 e. The summed E-state index contributed by atoms with van der Waals surface area (Å²) in [5, 5.41) is 2.98. The highest BCUT2D eigenvalue weighted by Gasteiger charge is 2.13. The van der Waals surface area contributed by atoms with Crippen LogP contribution < -0.4 is 0 Å². The van der Waals surface area contributed by atoms with Crippen LogP contribution in [0.3, 0.4) is 0 Å². The van der Waals surface area contributed by atoms with Gasteiger partial charge in [0.05, 0.1) is 22.7 Å². The highest BCUT2D eigenvalue weighted by molar-refractivity contribution is 7.09. The molecule has 5 heteroatoms. The van der Waals surface area contributed by atoms with E-state index in [-0.39, 0.29) is 22.8 Å². The van der Waals surface area contributed by atoms with Gasteiger partial charge < -0.3 is 0 Å². The molecule has 0 amide bonds. The van der Waals surface area contributed by atoms with E-state index >= 15 is 0 Å². The quantitative estimate of drug-likeness (QED) is 0.796. The second-order valence-corrected chi connectivity index (χ2v) is 5.08. The lowest BCUT2D eigenvalue weighted by Crippen LogP contribution is -2.06. The molecule has 0 radical (unpaired) electrons. The third-order valence-electron chi connectivity index (χ3n) is 2.24. The Kier molecular flexibility index (Phi) is 3.54. The van der Waals surface area contributed by atoms with Crippen molar-refractivity contribution in [3.8, 4) is 0 Å². The normalized spacial score (nSPS) is 10.5. The Hall–Kier alpha value is -1.26. The van der Waals surface area contributed by atoms with E-state index in [9.17, 15) is 9.18 Å². The lowest BCUT2D eigenvalue weighted by molar-refractivity contribution is 0.0988. The summed E-state index contributed by atoms with van der Waals surface area (Å²) in [6, 6.07) is 4.05. The minimum Gasteiger partial charge on any atom is -0.294 e. The number of hydrogen-bond acceptors (Lipinski definition) is 3. The van der Waals surface area contributed by atoms with Crippen LogP contribution in [-0.4, -0.2) is 10.8 Å². The van der Waals surface area contributed by atoms with Gasteiger partial charge in [0, 0.05) is 10.4 Å². The first-order chi connectivity index (χ1) is 8.06. The maximum atomic E-state index is 13.5. The molecule has 0 aliphatic rings. The molecule has 0 fully saturated rings. The average molecular weight is 270 g/mol. The summed E-state index contributed by atoms with van der Waals surface area (Å²) >= 11 is 7.09. The molecule has 0 bridgehead atoms. The SMILES string of the molecule is Cc1nc(CC(=O)c2ccc(Cl)cc2F)cs1. The van der Waals surface area contributed by atoms with Crippen molar-refractivity contribution in [1.29, 1.82) is 0 Å². The molecule has 0 unspecified atom stereocenters. The molecule has 2 nitrogen and oxygen atoms in total. The molecule has 0 aliphatic carbocycles. The van der Waals surface area contributed by atoms with Crippen molar-refractivity contribution in [2.24, 2.45) is 0 Å². The van der Waals surface area contributed by atoms with Crippen LogP contribution >= 0.6 is 22.9 Å². The van der Waals surface area contributed by atoms with E-state index in [4.69, 9.17) is 11.6 Å². The summed E-state index contributed by atoms with van der Waals surface area (Å²) in [7, 11) is 0. The largest absolute Gasteiger partial charge is 0.294 e. The number of carbonyl (C=O) groups excluding carboxylic acids is 1. The Morgan fingerprint density at radius 2 is 2.29 bits per heavy atom. The molecule has 88 valence electrons. The number of benzene rings is 1. The highest BCUT2D eigenvalue weighted by Crippen LogP contribution is 2.17. The minimum absolute atomic E-state index is 0.0556. The van der Waals surface area contributed by atoms with E-state index in [1.165, 1.54) is 23.5 Å². The van der Waals surface area contributed by atoms with E-state index in [0.29, 0.717) is 5.69 Å². The van der Waals surface area contributed by atoms with E-state index in [2.05, 4.69) is 4.98 Å². The van der Waals surface area contributed by atoms with Crippen LogP contribution in [0, 0.1) is 12.7 Å². The third-order valence-corrected chi connectivity index (χ3v) is 3.30. The van der Waals surface area contributed by atoms with Gasteiger partial charge in [-0.05, 0) is 25.1 Å². The van der Waals surface area contributed by atoms with Crippen molar-refractivity contribution in [3.63, 3.8) is 0 Å². The van der Waals surface area contributed by atoms with Crippen LogP contribution in [0.1, 0.15) is 21.1 Å². The number of nitrogens with zero attached hydrogens (tertiary/aromatic N) is 1. The average Bonchev–Trinajstić information content (AvgIpc) is 2.63. The van der Waals surface area contributed by atoms with E-state index in [1.807, 2.05) is 6.92 Å². The molecule has 2 aromatic rings. The van der Waals surface area contributed by atoms with Crippen LogP contribution in [0.25, 0.3) is 0 Å². The molecule has 1 aromatic carbocycles. The Bertz CT molecular complexity index is 567. The van der Waals surface area contributed by atoms with E-state index in [0.717, 1.165) is 11.1 Å². The summed E-state index contributed by atoms with van der Waals surface area (Å²) in [6.45, 7) is 1.86. The number of carbonyl (C=O) groups is 1. The number of rotatable bonds is 3. The Labute approximate surface area is 107 Å². The number of hydrogen-bond donors (Lipinski definition) is 0. The lowest BCUT2D eigenvalue weighted by Gasteiger charge is -2.01. The topological polar surface area (TPSA) is 30.0 Å². The lowest BCUT2D eigenvalue weighted by atomic mass is 10.1. The van der Waals surface area contributed by atoms with Gasteiger partial charge in [0.15, 0.2) is 5.78 Å². The van der Waals surface area contributed by atoms with Gasteiger partial charge >= 0.3 is 0 Å². The van der Waals surface area contributed by atoms with E-state index < -0.39 is 5.82 Å². The van der Waals surface area contributed by atoms with Gasteiger partial charge in [-0.2, -0.15) is 0 Å². The van der Waals surface area contributed by atoms with Crippen LogP contribution in [0.4, 0.5) is 4.39 Å². The first-order valence-electron chi connectivity index (χ1n) is 4.95. The maximum absolute atomic E-state index is 13.5. The molecular formula is C12H9ClFNOS. The summed E-state index contributed by atoms with van der Waals surface area (Å²) in [4.78, 5) is 16.0. The molecular weight excluding hydrogens is 261 g/mol. The Morgan fingerprint density at radius 3 is 2.88 bits per heavy atom. The molecule has 0 N–H and O–H groups in total. The van der Waals surface area contributed by atoms with Crippen molar-refractivity contribution >= 4 is 28.7 Å². The number of ketones is 1. The fraction of sp³-hybridized carbons (Fsp3) is 0.167. The molecule has 0 aliphatic heterocycles. The van der Waals surface area contributed by atoms with Crippen LogP contribution in [0.5, 0.6) is 0 Å². The van der Waals surface area contributed by atoms with Gasteiger partial charge in [0.1, 0.15) is 5.82 Å². The Morgan fingerprint density at radius 1 is 1.53 bits per heavy atom. The number of aromatic nitrogens is 1. The second kappa shape index (κ2) is 4.94. The molecule has 17 heavy (non-hydrogen) atoms. The van der Waals surface area contributed by atoms with Crippen molar-refractivity contribution in [1.82, 2.24) is 4.98 Å². The molecule has 0 atom stereocenters. The van der Waals surface area contributed by atoms with E-state index in [1.54, 1.807) is 5.38 Å². The first kappa shape index (κ1) is 12.2. The van der Waals surface area contributed by atoms with Gasteiger partial charge in [-0.1, -0.05) is 11.6 Å². The maximum Gasteiger partial charge on any atom is 0.171 e. The van der Waals surface area contributed by atoms with Crippen molar-refractivity contribution < 1.29 is 9.18 Å². The van der Waals surface area contributed by atoms with Gasteiger partial charge in [0.2, 0.25) is 0 Å². The standard InChI is InChI=1S/C12H9ClFNOS/c1-7-15-9(6-17-7)5-12(16)10-3-2-8(13)4-11(10)14/h2-4,6H,5H2,1H3.